The highest BCUT2D eigenvalue weighted by Gasteiger charge is 2.30. The largest absolute Gasteiger partial charge is 0.465 e. The number of aryl methyl sites for hydroxylation is 1. The molecule has 0 aliphatic carbocycles. The first-order valence-electron chi connectivity index (χ1n) is 14.1. The number of fused-ring (bicyclic) bond motifs is 1. The normalized spacial score (nSPS) is 11.3. The van der Waals surface area contributed by atoms with E-state index in [-0.39, 0.29) is 30.8 Å². The highest BCUT2D eigenvalue weighted by Crippen LogP contribution is 2.36. The summed E-state index contributed by atoms with van der Waals surface area (Å²) in [5.74, 6) is -0.293. The second-order valence-electron chi connectivity index (χ2n) is 10.3. The smallest absolute Gasteiger partial charge is 0.325 e. The lowest BCUT2D eigenvalue weighted by Gasteiger charge is -2.20. The van der Waals surface area contributed by atoms with Gasteiger partial charge in [0.2, 0.25) is 5.95 Å². The van der Waals surface area contributed by atoms with Crippen LogP contribution in [0.4, 0.5) is 5.95 Å². The number of ketones is 1. The molecule has 1 amide bonds. The Morgan fingerprint density at radius 2 is 1.72 bits per heavy atom. The van der Waals surface area contributed by atoms with Crippen molar-refractivity contribution in [2.75, 3.05) is 18.6 Å². The molecule has 0 saturated carbocycles. The SMILES string of the molecule is CCOC(=O)Cn1c(C(=O)N(C)c2nnc(C(C)C)n2-c2sc(CC)cc2C(=O)c2ccccc2Cl)cc2ccccc21. The van der Waals surface area contributed by atoms with Crippen LogP contribution in [-0.4, -0.2) is 50.6 Å². The highest BCUT2D eigenvalue weighted by atomic mass is 35.5. The fourth-order valence-electron chi connectivity index (χ4n) is 4.95. The molecule has 0 aliphatic heterocycles. The summed E-state index contributed by atoms with van der Waals surface area (Å²) in [6.45, 7) is 7.83. The van der Waals surface area contributed by atoms with Crippen molar-refractivity contribution in [3.63, 3.8) is 0 Å². The molecule has 5 rings (SSSR count). The zero-order valence-corrected chi connectivity index (χ0v) is 26.2. The number of para-hydroxylation sites is 1. The van der Waals surface area contributed by atoms with Gasteiger partial charge in [-0.3, -0.25) is 23.9 Å². The van der Waals surface area contributed by atoms with Gasteiger partial charge in [-0.2, -0.15) is 0 Å². The van der Waals surface area contributed by atoms with Gasteiger partial charge >= 0.3 is 5.97 Å². The van der Waals surface area contributed by atoms with Crippen LogP contribution in [0.1, 0.15) is 70.7 Å². The van der Waals surface area contributed by atoms with Crippen molar-refractivity contribution >= 4 is 57.4 Å². The van der Waals surface area contributed by atoms with Crippen LogP contribution < -0.4 is 4.90 Å². The maximum atomic E-state index is 14.2. The van der Waals surface area contributed by atoms with Gasteiger partial charge in [0.05, 0.1) is 17.2 Å². The first kappa shape index (κ1) is 30.2. The molecular weight excluding hydrogens is 586 g/mol. The molecule has 0 bridgehead atoms. The quantitative estimate of drug-likeness (QED) is 0.128. The van der Waals surface area contributed by atoms with Gasteiger partial charge in [0, 0.05) is 34.3 Å². The lowest BCUT2D eigenvalue weighted by Crippen LogP contribution is -2.32. The Kier molecular flexibility index (Phi) is 8.79. The second kappa shape index (κ2) is 12.5. The molecule has 5 aromatic rings. The van der Waals surface area contributed by atoms with Gasteiger partial charge < -0.3 is 9.30 Å². The fraction of sp³-hybridized carbons (Fsp3) is 0.281. The summed E-state index contributed by atoms with van der Waals surface area (Å²) < 4.78 is 8.64. The van der Waals surface area contributed by atoms with Crippen LogP contribution in [-0.2, 0) is 22.5 Å². The van der Waals surface area contributed by atoms with E-state index in [1.54, 1.807) is 53.4 Å². The van der Waals surface area contributed by atoms with Gasteiger partial charge in [0.25, 0.3) is 5.91 Å². The van der Waals surface area contributed by atoms with Gasteiger partial charge in [-0.1, -0.05) is 62.7 Å². The zero-order valence-electron chi connectivity index (χ0n) is 24.6. The van der Waals surface area contributed by atoms with Crippen molar-refractivity contribution in [3.05, 3.63) is 93.2 Å². The summed E-state index contributed by atoms with van der Waals surface area (Å²) in [5, 5.41) is 10.7. The van der Waals surface area contributed by atoms with Gasteiger partial charge in [0.15, 0.2) is 5.78 Å². The van der Waals surface area contributed by atoms with Crippen molar-refractivity contribution in [3.8, 4) is 5.00 Å². The molecule has 0 spiro atoms. The molecule has 222 valence electrons. The third kappa shape index (κ3) is 5.72. The minimum absolute atomic E-state index is 0.0737. The number of nitrogens with zero attached hydrogens (tertiary/aromatic N) is 5. The molecule has 43 heavy (non-hydrogen) atoms. The molecule has 3 heterocycles. The molecule has 11 heteroatoms. The van der Waals surface area contributed by atoms with E-state index in [0.717, 1.165) is 15.8 Å². The van der Waals surface area contributed by atoms with Crippen molar-refractivity contribution in [1.29, 1.82) is 0 Å². The topological polar surface area (TPSA) is 99.3 Å². The molecule has 2 aromatic carbocycles. The number of aromatic nitrogens is 4. The van der Waals surface area contributed by atoms with Crippen molar-refractivity contribution in [2.24, 2.45) is 0 Å². The maximum Gasteiger partial charge on any atom is 0.325 e. The van der Waals surface area contributed by atoms with Gasteiger partial charge in [0.1, 0.15) is 23.1 Å². The van der Waals surface area contributed by atoms with Crippen LogP contribution in [0.2, 0.25) is 5.02 Å². The number of halogens is 1. The lowest BCUT2D eigenvalue weighted by molar-refractivity contribution is -0.143. The van der Waals surface area contributed by atoms with Crippen LogP contribution in [0.25, 0.3) is 15.9 Å². The molecule has 0 saturated heterocycles. The number of hydrogen-bond acceptors (Lipinski definition) is 7. The zero-order chi connectivity index (χ0) is 30.8. The van der Waals surface area contributed by atoms with Gasteiger partial charge in [-0.05, 0) is 43.7 Å². The molecular formula is C32H32ClN5O4S. The summed E-state index contributed by atoms with van der Waals surface area (Å²) >= 11 is 7.88. The highest BCUT2D eigenvalue weighted by molar-refractivity contribution is 7.15. The number of ether oxygens (including phenoxy) is 1. The molecule has 0 N–H and O–H groups in total. The fourth-order valence-corrected chi connectivity index (χ4v) is 6.27. The van der Waals surface area contributed by atoms with E-state index in [4.69, 9.17) is 16.3 Å². The van der Waals surface area contributed by atoms with Gasteiger partial charge in [-0.25, -0.2) is 0 Å². The first-order valence-corrected chi connectivity index (χ1v) is 15.2. The number of carbonyl (C=O) groups excluding carboxylic acids is 3. The van der Waals surface area contributed by atoms with Gasteiger partial charge in [-0.15, -0.1) is 21.5 Å². The van der Waals surface area contributed by atoms with Crippen LogP contribution in [0.5, 0.6) is 0 Å². The molecule has 9 nitrogen and oxygen atoms in total. The number of rotatable bonds is 10. The summed E-state index contributed by atoms with van der Waals surface area (Å²) in [6, 6.07) is 18.0. The van der Waals surface area contributed by atoms with E-state index < -0.39 is 11.9 Å². The standard InChI is InChI=1S/C32H32ClN5O4S/c1-6-21-17-23(28(40)22-13-9-10-14-24(22)33)31(43-21)38-29(19(3)4)34-35-32(38)36(5)30(41)26-16-20-12-8-11-15-25(20)37(26)18-27(39)42-7-2/h8-17,19H,6-7,18H2,1-5H3. The molecule has 0 unspecified atom stereocenters. The molecule has 0 atom stereocenters. The van der Waals surface area contributed by atoms with Crippen molar-refractivity contribution in [2.45, 2.75) is 46.6 Å². The second-order valence-corrected chi connectivity index (χ2v) is 11.8. The van der Waals surface area contributed by atoms with E-state index in [2.05, 4.69) is 10.2 Å². The first-order chi connectivity index (χ1) is 20.7. The summed E-state index contributed by atoms with van der Waals surface area (Å²) in [4.78, 5) is 43.0. The van der Waals surface area contributed by atoms with Crippen molar-refractivity contribution < 1.29 is 19.1 Å². The summed E-state index contributed by atoms with van der Waals surface area (Å²) in [7, 11) is 1.61. The maximum absolute atomic E-state index is 14.2. The van der Waals surface area contributed by atoms with E-state index in [1.807, 2.05) is 51.1 Å². The molecule has 0 fully saturated rings. The Morgan fingerprint density at radius 3 is 2.42 bits per heavy atom. The average Bonchev–Trinajstić information content (AvgIpc) is 3.72. The molecule has 3 aromatic heterocycles. The Hall–Kier alpha value is -4.28. The van der Waals surface area contributed by atoms with E-state index in [9.17, 15) is 14.4 Å². The van der Waals surface area contributed by atoms with E-state index >= 15 is 0 Å². The van der Waals surface area contributed by atoms with Crippen LogP contribution >= 0.6 is 22.9 Å². The van der Waals surface area contributed by atoms with Crippen molar-refractivity contribution in [1.82, 2.24) is 19.3 Å². The molecule has 0 aliphatic rings. The number of esters is 1. The minimum atomic E-state index is -0.445. The number of amides is 1. The Labute approximate surface area is 258 Å². The number of carbonyl (C=O) groups is 3. The minimum Gasteiger partial charge on any atom is -0.465 e. The van der Waals surface area contributed by atoms with Crippen LogP contribution in [0, 0.1) is 0 Å². The summed E-state index contributed by atoms with van der Waals surface area (Å²) in [6.07, 6.45) is 0.713. The van der Waals surface area contributed by atoms with E-state index in [0.29, 0.717) is 39.1 Å². The third-order valence-electron chi connectivity index (χ3n) is 7.09. The van der Waals surface area contributed by atoms with E-state index in [1.165, 1.54) is 16.2 Å². The van der Waals surface area contributed by atoms with Crippen LogP contribution in [0.15, 0.2) is 60.7 Å². The number of anilines is 1. The predicted octanol–water partition coefficient (Wildman–Crippen LogP) is 6.69. The molecule has 0 radical (unpaired) electrons. The monoisotopic (exact) mass is 617 g/mol. The predicted molar refractivity (Wildman–Crippen MR) is 169 cm³/mol. The number of thiophene rings is 1. The third-order valence-corrected chi connectivity index (χ3v) is 8.69. The Morgan fingerprint density at radius 1 is 1.00 bits per heavy atom. The Balaban J connectivity index is 1.64. The average molecular weight is 618 g/mol. The number of benzene rings is 2. The number of hydrogen-bond donors (Lipinski definition) is 0. The summed E-state index contributed by atoms with van der Waals surface area (Å²) in [5.41, 5.74) is 1.87. The Bertz CT molecular complexity index is 1840. The van der Waals surface area contributed by atoms with Crippen LogP contribution in [0.3, 0.4) is 0 Å². The lowest BCUT2D eigenvalue weighted by atomic mass is 10.0.